The number of aliphatic hydroxyl groups is 1. The third kappa shape index (κ3) is 2.33. The van der Waals surface area contributed by atoms with Crippen molar-refractivity contribution >= 4 is 15.9 Å². The van der Waals surface area contributed by atoms with Gasteiger partial charge in [-0.05, 0) is 57.4 Å². The van der Waals surface area contributed by atoms with Crippen LogP contribution < -0.4 is 0 Å². The van der Waals surface area contributed by atoms with E-state index in [0.717, 1.165) is 17.5 Å². The summed E-state index contributed by atoms with van der Waals surface area (Å²) in [6.45, 7) is 0. The number of hydrogen-bond acceptors (Lipinski definition) is 1. The fraction of sp³-hybridized carbons (Fsp3) is 0.250. The zero-order valence-corrected chi connectivity index (χ0v) is 11.9. The first-order valence-corrected chi connectivity index (χ1v) is 7.15. The summed E-state index contributed by atoms with van der Waals surface area (Å²) in [5.41, 5.74) is 3.13. The summed E-state index contributed by atoms with van der Waals surface area (Å²) in [7, 11) is 0. The molecule has 0 saturated heterocycles. The van der Waals surface area contributed by atoms with Gasteiger partial charge in [0.05, 0.1) is 10.6 Å². The molecule has 1 aliphatic carbocycles. The van der Waals surface area contributed by atoms with Crippen LogP contribution in [0, 0.1) is 11.7 Å². The second-order valence-corrected chi connectivity index (χ2v) is 5.82. The summed E-state index contributed by atoms with van der Waals surface area (Å²) < 4.78 is 14.0. The zero-order valence-electron chi connectivity index (χ0n) is 10.3. The lowest BCUT2D eigenvalue weighted by Gasteiger charge is -2.16. The molecule has 0 aliphatic heterocycles. The van der Waals surface area contributed by atoms with Crippen molar-refractivity contribution in [1.82, 2.24) is 0 Å². The van der Waals surface area contributed by atoms with Gasteiger partial charge in [-0.3, -0.25) is 0 Å². The van der Waals surface area contributed by atoms with E-state index in [1.165, 1.54) is 11.6 Å². The predicted molar refractivity (Wildman–Crippen MR) is 76.4 cm³/mol. The first-order valence-electron chi connectivity index (χ1n) is 6.35. The molecule has 1 nitrogen and oxygen atoms in total. The Labute approximate surface area is 120 Å². The summed E-state index contributed by atoms with van der Waals surface area (Å²) in [6, 6.07) is 13.0. The van der Waals surface area contributed by atoms with E-state index in [2.05, 4.69) is 22.0 Å². The molecule has 0 saturated carbocycles. The van der Waals surface area contributed by atoms with E-state index in [-0.39, 0.29) is 11.7 Å². The topological polar surface area (TPSA) is 20.2 Å². The van der Waals surface area contributed by atoms with Gasteiger partial charge < -0.3 is 5.11 Å². The van der Waals surface area contributed by atoms with Crippen molar-refractivity contribution in [3.63, 3.8) is 0 Å². The monoisotopic (exact) mass is 320 g/mol. The Morgan fingerprint density at radius 2 is 1.95 bits per heavy atom. The molecule has 0 heterocycles. The van der Waals surface area contributed by atoms with Crippen molar-refractivity contribution in [1.29, 1.82) is 0 Å². The molecule has 0 bridgehead atoms. The molecule has 0 spiro atoms. The Balaban J connectivity index is 1.85. The van der Waals surface area contributed by atoms with Gasteiger partial charge in [0.1, 0.15) is 5.82 Å². The van der Waals surface area contributed by atoms with E-state index in [1.807, 2.05) is 24.3 Å². The SMILES string of the molecule is OC1c2ccccc2CC1Cc1cccc(F)c1Br. The van der Waals surface area contributed by atoms with Crippen molar-refractivity contribution in [2.24, 2.45) is 5.92 Å². The Morgan fingerprint density at radius 1 is 1.16 bits per heavy atom. The molecule has 0 aromatic heterocycles. The largest absolute Gasteiger partial charge is 0.388 e. The predicted octanol–water partition coefficient (Wildman–Crippen LogP) is 4.04. The van der Waals surface area contributed by atoms with Crippen LogP contribution in [0.2, 0.25) is 0 Å². The molecule has 2 atom stereocenters. The molecule has 0 radical (unpaired) electrons. The summed E-state index contributed by atoms with van der Waals surface area (Å²) >= 11 is 3.29. The lowest BCUT2D eigenvalue weighted by molar-refractivity contribution is 0.123. The average molecular weight is 321 g/mol. The highest BCUT2D eigenvalue weighted by Gasteiger charge is 2.31. The zero-order chi connectivity index (χ0) is 13.4. The van der Waals surface area contributed by atoms with Crippen molar-refractivity contribution in [3.8, 4) is 0 Å². The van der Waals surface area contributed by atoms with Crippen LogP contribution in [0.4, 0.5) is 4.39 Å². The summed E-state index contributed by atoms with van der Waals surface area (Å²) in [4.78, 5) is 0. The molecule has 3 heteroatoms. The number of halogens is 2. The van der Waals surface area contributed by atoms with Crippen LogP contribution in [-0.4, -0.2) is 5.11 Å². The molecular formula is C16H14BrFO. The maximum atomic E-state index is 13.5. The van der Waals surface area contributed by atoms with Gasteiger partial charge in [0.2, 0.25) is 0 Å². The maximum Gasteiger partial charge on any atom is 0.137 e. The van der Waals surface area contributed by atoms with E-state index >= 15 is 0 Å². The van der Waals surface area contributed by atoms with Gasteiger partial charge in [-0.25, -0.2) is 4.39 Å². The van der Waals surface area contributed by atoms with E-state index < -0.39 is 6.10 Å². The van der Waals surface area contributed by atoms with Gasteiger partial charge in [0.15, 0.2) is 0 Å². The van der Waals surface area contributed by atoms with Crippen molar-refractivity contribution in [3.05, 3.63) is 69.4 Å². The van der Waals surface area contributed by atoms with E-state index in [0.29, 0.717) is 10.9 Å². The molecule has 1 aliphatic rings. The van der Waals surface area contributed by atoms with Gasteiger partial charge in [0, 0.05) is 0 Å². The lowest BCUT2D eigenvalue weighted by atomic mass is 9.94. The number of hydrogen-bond donors (Lipinski definition) is 1. The third-order valence-electron chi connectivity index (χ3n) is 3.82. The Bertz CT molecular complexity index is 611. The van der Waals surface area contributed by atoms with Crippen LogP contribution in [0.5, 0.6) is 0 Å². The van der Waals surface area contributed by atoms with Crippen LogP contribution in [0.3, 0.4) is 0 Å². The van der Waals surface area contributed by atoms with Gasteiger partial charge in [-0.2, -0.15) is 0 Å². The number of rotatable bonds is 2. The highest BCUT2D eigenvalue weighted by atomic mass is 79.9. The Morgan fingerprint density at radius 3 is 2.74 bits per heavy atom. The smallest absolute Gasteiger partial charge is 0.137 e. The molecule has 2 aromatic rings. The Kier molecular flexibility index (Phi) is 3.42. The van der Waals surface area contributed by atoms with E-state index in [4.69, 9.17) is 0 Å². The molecule has 1 N–H and O–H groups in total. The van der Waals surface area contributed by atoms with Crippen LogP contribution in [0.15, 0.2) is 46.9 Å². The Hall–Kier alpha value is -1.19. The average Bonchev–Trinajstić information content (AvgIpc) is 2.73. The molecule has 0 fully saturated rings. The fourth-order valence-electron chi connectivity index (χ4n) is 2.83. The van der Waals surface area contributed by atoms with E-state index in [1.54, 1.807) is 6.07 Å². The molecule has 2 aromatic carbocycles. The van der Waals surface area contributed by atoms with Gasteiger partial charge >= 0.3 is 0 Å². The molecule has 3 rings (SSSR count). The molecule has 2 unspecified atom stereocenters. The lowest BCUT2D eigenvalue weighted by Crippen LogP contribution is -2.11. The second kappa shape index (κ2) is 5.06. The van der Waals surface area contributed by atoms with Crippen molar-refractivity contribution < 1.29 is 9.50 Å². The third-order valence-corrected chi connectivity index (χ3v) is 4.70. The molecule has 19 heavy (non-hydrogen) atoms. The first-order chi connectivity index (χ1) is 9.16. The fourth-order valence-corrected chi connectivity index (χ4v) is 3.26. The summed E-state index contributed by atoms with van der Waals surface area (Å²) in [6.07, 6.45) is 1.07. The normalized spacial score (nSPS) is 21.4. The van der Waals surface area contributed by atoms with Crippen LogP contribution in [-0.2, 0) is 12.8 Å². The van der Waals surface area contributed by atoms with Crippen molar-refractivity contribution in [2.75, 3.05) is 0 Å². The van der Waals surface area contributed by atoms with Gasteiger partial charge in [-0.1, -0.05) is 36.4 Å². The standard InChI is InChI=1S/C16H14BrFO/c17-15-11(5-3-7-14(15)18)9-12-8-10-4-1-2-6-13(10)16(12)19/h1-7,12,16,19H,8-9H2. The minimum atomic E-state index is -0.452. The van der Waals surface area contributed by atoms with Crippen LogP contribution >= 0.6 is 15.9 Å². The van der Waals surface area contributed by atoms with Gasteiger partial charge in [-0.15, -0.1) is 0 Å². The number of fused-ring (bicyclic) bond motifs is 1. The maximum absolute atomic E-state index is 13.5. The highest BCUT2D eigenvalue weighted by Crippen LogP contribution is 2.38. The number of benzene rings is 2. The summed E-state index contributed by atoms with van der Waals surface area (Å²) in [5, 5.41) is 10.4. The molecule has 0 amide bonds. The first kappa shape index (κ1) is 12.8. The van der Waals surface area contributed by atoms with Crippen LogP contribution in [0.25, 0.3) is 0 Å². The second-order valence-electron chi connectivity index (χ2n) is 5.02. The van der Waals surface area contributed by atoms with Crippen molar-refractivity contribution in [2.45, 2.75) is 18.9 Å². The quantitative estimate of drug-likeness (QED) is 0.885. The van der Waals surface area contributed by atoms with Crippen LogP contribution in [0.1, 0.15) is 22.8 Å². The summed E-state index contributed by atoms with van der Waals surface area (Å²) in [5.74, 6) is -0.127. The van der Waals surface area contributed by atoms with E-state index in [9.17, 15) is 9.50 Å². The highest BCUT2D eigenvalue weighted by molar-refractivity contribution is 9.10. The molecule has 98 valence electrons. The van der Waals surface area contributed by atoms with Gasteiger partial charge in [0.25, 0.3) is 0 Å². The number of aliphatic hydroxyl groups excluding tert-OH is 1. The minimum Gasteiger partial charge on any atom is -0.388 e. The molecular weight excluding hydrogens is 307 g/mol. The minimum absolute atomic E-state index is 0.121.